The molecule has 0 unspecified atom stereocenters. The Hall–Kier alpha value is -4.12. The molecule has 0 saturated carbocycles. The van der Waals surface area contributed by atoms with Gasteiger partial charge in [0, 0.05) is 6.54 Å². The molecule has 1 heterocycles. The fraction of sp³-hybridized carbons (Fsp3) is 0.704. The Bertz CT molecular complexity index is 1080. The van der Waals surface area contributed by atoms with Crippen LogP contribution in [0.1, 0.15) is 59.8 Å². The van der Waals surface area contributed by atoms with Crippen molar-refractivity contribution in [2.24, 2.45) is 17.6 Å². The van der Waals surface area contributed by atoms with E-state index >= 15 is 0 Å². The molecule has 0 bridgehead atoms. The van der Waals surface area contributed by atoms with Crippen molar-refractivity contribution in [3.05, 3.63) is 0 Å². The summed E-state index contributed by atoms with van der Waals surface area (Å²) in [4.78, 5) is 99.9. The topological polar surface area (TPSA) is 275 Å². The minimum absolute atomic E-state index is 0.0472. The van der Waals surface area contributed by atoms with E-state index in [1.807, 2.05) is 0 Å². The third-order valence-electron chi connectivity index (χ3n) is 6.84. The molecule has 6 atom stereocenters. The largest absolute Gasteiger partial charge is 0.481 e. The van der Waals surface area contributed by atoms with Crippen LogP contribution in [0.15, 0.2) is 0 Å². The molecule has 5 amide bonds. The zero-order valence-electron chi connectivity index (χ0n) is 25.3. The number of aliphatic carboxylic acids is 2. The molecule has 0 spiro atoms. The maximum Gasteiger partial charge on any atom is 0.305 e. The quantitative estimate of drug-likeness (QED) is 0.0709. The van der Waals surface area contributed by atoms with E-state index in [4.69, 9.17) is 10.8 Å². The highest BCUT2D eigenvalue weighted by molar-refractivity contribution is 5.97. The van der Waals surface area contributed by atoms with Gasteiger partial charge >= 0.3 is 11.9 Å². The van der Waals surface area contributed by atoms with Gasteiger partial charge in [-0.1, -0.05) is 27.7 Å². The predicted molar refractivity (Wildman–Crippen MR) is 152 cm³/mol. The summed E-state index contributed by atoms with van der Waals surface area (Å²) in [7, 11) is 0. The minimum atomic E-state index is -1.68. The second-order valence-electron chi connectivity index (χ2n) is 11.4. The van der Waals surface area contributed by atoms with Gasteiger partial charge in [0.25, 0.3) is 0 Å². The van der Waals surface area contributed by atoms with Crippen LogP contribution in [0.4, 0.5) is 0 Å². The molecule has 0 radical (unpaired) electrons. The molecule has 1 rings (SSSR count). The van der Waals surface area contributed by atoms with Crippen molar-refractivity contribution in [3.63, 3.8) is 0 Å². The number of aliphatic hydroxyl groups excluding tert-OH is 1. The second kappa shape index (κ2) is 17.9. The number of nitrogens with one attached hydrogen (secondary N) is 4. The monoisotopic (exact) mass is 628 g/mol. The lowest BCUT2D eigenvalue weighted by Gasteiger charge is -2.32. The number of hydrogen-bond donors (Lipinski definition) is 8. The van der Waals surface area contributed by atoms with Gasteiger partial charge in [-0.15, -0.1) is 0 Å². The molecule has 0 aromatic carbocycles. The Morgan fingerprint density at radius 3 is 1.93 bits per heavy atom. The van der Waals surface area contributed by atoms with E-state index in [9.17, 15) is 48.6 Å². The number of nitrogens with two attached hydrogens (primary N) is 1. The highest BCUT2D eigenvalue weighted by atomic mass is 16.4. The van der Waals surface area contributed by atoms with E-state index in [0.717, 1.165) is 0 Å². The van der Waals surface area contributed by atoms with E-state index in [2.05, 4.69) is 21.3 Å². The van der Waals surface area contributed by atoms with E-state index in [1.54, 1.807) is 27.7 Å². The van der Waals surface area contributed by atoms with Crippen molar-refractivity contribution < 1.29 is 53.7 Å². The lowest BCUT2D eigenvalue weighted by Crippen LogP contribution is -2.60. The highest BCUT2D eigenvalue weighted by Gasteiger charge is 2.40. The highest BCUT2D eigenvalue weighted by Crippen LogP contribution is 2.21. The third kappa shape index (κ3) is 11.9. The first-order chi connectivity index (χ1) is 20.5. The molecule has 0 aromatic rings. The number of carbonyl (C=O) groups excluding carboxylic acids is 6. The van der Waals surface area contributed by atoms with Crippen LogP contribution in [0, 0.1) is 11.8 Å². The number of likely N-dealkylation sites (tertiary alicyclic amines) is 1. The molecule has 1 aliphatic heterocycles. The number of carbonyl (C=O) groups is 8. The van der Waals surface area contributed by atoms with Gasteiger partial charge < -0.3 is 52.0 Å². The first-order valence-electron chi connectivity index (χ1n) is 14.3. The summed E-state index contributed by atoms with van der Waals surface area (Å²) in [6.45, 7) is 6.23. The molecule has 1 aliphatic rings. The number of rotatable bonds is 18. The number of amides is 5. The number of aliphatic hydroxyl groups is 1. The van der Waals surface area contributed by atoms with Gasteiger partial charge in [-0.05, 0) is 31.1 Å². The van der Waals surface area contributed by atoms with Crippen LogP contribution >= 0.6 is 0 Å². The van der Waals surface area contributed by atoms with Crippen LogP contribution < -0.4 is 27.0 Å². The van der Waals surface area contributed by atoms with Crippen molar-refractivity contribution >= 4 is 47.8 Å². The molecular formula is C27H44N6O11. The van der Waals surface area contributed by atoms with Crippen molar-refractivity contribution in [2.45, 2.75) is 96.1 Å². The molecule has 1 fully saturated rings. The SMILES string of the molecule is CC(C)C[C@H](NC(=O)[C@@H](N)CC(=O)O)C(=O)N[C@@H](CC(=O)O)C(=O)N[C@H](C(=O)N1CCC[C@H]1C(=O)N[C@H](C=O)CO)C(C)C. The number of carboxylic acids is 2. The van der Waals surface area contributed by atoms with Gasteiger partial charge in [0.05, 0.1) is 25.5 Å². The Labute approximate surface area is 254 Å². The zero-order valence-corrected chi connectivity index (χ0v) is 25.3. The van der Waals surface area contributed by atoms with Gasteiger partial charge in [0.15, 0.2) is 0 Å². The van der Waals surface area contributed by atoms with E-state index in [0.29, 0.717) is 12.7 Å². The molecule has 17 nitrogen and oxygen atoms in total. The number of carboxylic acid groups (broad SMARTS) is 2. The average Bonchev–Trinajstić information content (AvgIpc) is 3.42. The van der Waals surface area contributed by atoms with Gasteiger partial charge in [-0.25, -0.2) is 0 Å². The van der Waals surface area contributed by atoms with E-state index in [-0.39, 0.29) is 25.3 Å². The smallest absolute Gasteiger partial charge is 0.305 e. The van der Waals surface area contributed by atoms with Crippen molar-refractivity contribution in [1.29, 1.82) is 0 Å². The average molecular weight is 629 g/mol. The summed E-state index contributed by atoms with van der Waals surface area (Å²) in [5.41, 5.74) is 5.59. The summed E-state index contributed by atoms with van der Waals surface area (Å²) in [5.74, 6) is -7.65. The fourth-order valence-corrected chi connectivity index (χ4v) is 4.57. The molecule has 9 N–H and O–H groups in total. The number of aldehydes is 1. The van der Waals surface area contributed by atoms with Crippen LogP contribution in [0.3, 0.4) is 0 Å². The number of hydrogen-bond acceptors (Lipinski definition) is 10. The summed E-state index contributed by atoms with van der Waals surface area (Å²) in [5, 5.41) is 37.0. The lowest BCUT2D eigenvalue weighted by molar-refractivity contribution is -0.144. The maximum absolute atomic E-state index is 13.5. The minimum Gasteiger partial charge on any atom is -0.481 e. The summed E-state index contributed by atoms with van der Waals surface area (Å²) in [6.07, 6.45) is -0.454. The zero-order chi connectivity index (χ0) is 33.7. The van der Waals surface area contributed by atoms with Crippen molar-refractivity contribution in [1.82, 2.24) is 26.2 Å². The fourth-order valence-electron chi connectivity index (χ4n) is 4.57. The standard InChI is InChI=1S/C27H44N6O11/c1-13(2)8-17(30-23(40)16(28)9-20(36)37)24(41)31-18(10-21(38)39)25(42)32-22(14(3)4)27(44)33-7-5-6-19(33)26(43)29-15(11-34)12-35/h11,13-19,22,35H,5-10,12,28H2,1-4H3,(H,29,43)(H,30,40)(H,31,41)(H,32,42)(H,36,37)(H,38,39)/t15-,16+,17+,18+,19+,22+/m1/s1. The molecule has 1 saturated heterocycles. The van der Waals surface area contributed by atoms with Gasteiger partial charge in [-0.3, -0.25) is 33.6 Å². The van der Waals surface area contributed by atoms with Crippen LogP contribution in [0.2, 0.25) is 0 Å². The maximum atomic E-state index is 13.5. The Balaban J connectivity index is 3.14. The molecule has 0 aliphatic carbocycles. The van der Waals surface area contributed by atoms with E-state index < -0.39 is 103 Å². The van der Waals surface area contributed by atoms with Crippen LogP contribution in [0.5, 0.6) is 0 Å². The lowest BCUT2D eigenvalue weighted by atomic mass is 10.00. The van der Waals surface area contributed by atoms with Crippen LogP contribution in [-0.4, -0.2) is 117 Å². The first-order valence-corrected chi connectivity index (χ1v) is 14.3. The third-order valence-corrected chi connectivity index (χ3v) is 6.84. The molecule has 248 valence electrons. The Morgan fingerprint density at radius 1 is 0.864 bits per heavy atom. The van der Waals surface area contributed by atoms with Gasteiger partial charge in [0.1, 0.15) is 36.5 Å². The summed E-state index contributed by atoms with van der Waals surface area (Å²) >= 11 is 0. The molecule has 0 aromatic heterocycles. The Morgan fingerprint density at radius 2 is 1.43 bits per heavy atom. The molecular weight excluding hydrogens is 584 g/mol. The number of nitrogens with zero attached hydrogens (tertiary/aromatic N) is 1. The van der Waals surface area contributed by atoms with Gasteiger partial charge in [0.2, 0.25) is 29.5 Å². The first kappa shape index (κ1) is 37.9. The van der Waals surface area contributed by atoms with Crippen molar-refractivity contribution in [2.75, 3.05) is 13.2 Å². The van der Waals surface area contributed by atoms with Crippen molar-refractivity contribution in [3.8, 4) is 0 Å². The van der Waals surface area contributed by atoms with E-state index in [1.165, 1.54) is 4.90 Å². The molecule has 44 heavy (non-hydrogen) atoms. The summed E-state index contributed by atoms with van der Waals surface area (Å²) in [6, 6.07) is -7.79. The van der Waals surface area contributed by atoms with Gasteiger partial charge in [-0.2, -0.15) is 0 Å². The normalized spacial score (nSPS) is 18.0. The second-order valence-corrected chi connectivity index (χ2v) is 11.4. The molecule has 17 heteroatoms. The van der Waals surface area contributed by atoms with Crippen LogP contribution in [0.25, 0.3) is 0 Å². The summed E-state index contributed by atoms with van der Waals surface area (Å²) < 4.78 is 0. The van der Waals surface area contributed by atoms with Crippen LogP contribution in [-0.2, 0) is 38.4 Å². The predicted octanol–water partition coefficient (Wildman–Crippen LogP) is -2.91. The Kier molecular flexibility index (Phi) is 15.4.